The van der Waals surface area contributed by atoms with Crippen LogP contribution in [0.3, 0.4) is 0 Å². The van der Waals surface area contributed by atoms with Crippen LogP contribution < -0.4 is 11.1 Å². The van der Waals surface area contributed by atoms with E-state index < -0.39 is 0 Å². The zero-order valence-electron chi connectivity index (χ0n) is 10.8. The molecule has 1 saturated carbocycles. The number of hydrogen-bond acceptors (Lipinski definition) is 3. The van der Waals surface area contributed by atoms with E-state index in [1.54, 1.807) is 0 Å². The second kappa shape index (κ2) is 5.03. The van der Waals surface area contributed by atoms with Crippen LogP contribution in [0.1, 0.15) is 32.1 Å². The third kappa shape index (κ3) is 2.27. The van der Waals surface area contributed by atoms with Gasteiger partial charge in [0.25, 0.3) is 0 Å². The van der Waals surface area contributed by atoms with Gasteiger partial charge in [0.2, 0.25) is 0 Å². The average molecular weight is 225 g/mol. The Morgan fingerprint density at radius 2 is 2.00 bits per heavy atom. The predicted octanol–water partition coefficient (Wildman–Crippen LogP) is 1.05. The molecule has 3 heteroatoms. The molecule has 0 bridgehead atoms. The number of nitrogens with two attached hydrogens (primary N) is 1. The first kappa shape index (κ1) is 12.3. The molecule has 0 aromatic rings. The van der Waals surface area contributed by atoms with Gasteiger partial charge in [-0.05, 0) is 64.2 Å². The molecule has 0 aromatic carbocycles. The lowest BCUT2D eigenvalue weighted by Gasteiger charge is -2.50. The summed E-state index contributed by atoms with van der Waals surface area (Å²) in [6, 6.07) is 0.419. The Morgan fingerprint density at radius 1 is 1.38 bits per heavy atom. The van der Waals surface area contributed by atoms with Crippen molar-refractivity contribution in [3.05, 3.63) is 0 Å². The van der Waals surface area contributed by atoms with Crippen molar-refractivity contribution in [3.8, 4) is 0 Å². The molecular formula is C13H27N3. The molecule has 0 radical (unpaired) electrons. The minimum Gasteiger partial charge on any atom is -0.327 e. The maximum Gasteiger partial charge on any atom is 0.0137 e. The van der Waals surface area contributed by atoms with Crippen LogP contribution in [0.25, 0.3) is 0 Å². The molecular weight excluding hydrogens is 198 g/mol. The lowest BCUT2D eigenvalue weighted by Crippen LogP contribution is -2.56. The highest BCUT2D eigenvalue weighted by atomic mass is 15.1. The minimum atomic E-state index is 0.419. The van der Waals surface area contributed by atoms with Crippen molar-refractivity contribution in [2.45, 2.75) is 38.1 Å². The van der Waals surface area contributed by atoms with Crippen molar-refractivity contribution in [1.82, 2.24) is 10.2 Å². The highest BCUT2D eigenvalue weighted by Crippen LogP contribution is 2.46. The molecule has 3 N–H and O–H groups in total. The highest BCUT2D eigenvalue weighted by molar-refractivity contribution is 5.00. The zero-order valence-corrected chi connectivity index (χ0v) is 10.8. The summed E-state index contributed by atoms with van der Waals surface area (Å²) in [5.41, 5.74) is 6.99. The molecule has 1 saturated heterocycles. The van der Waals surface area contributed by atoms with Crippen LogP contribution in [0.2, 0.25) is 0 Å². The van der Waals surface area contributed by atoms with Crippen molar-refractivity contribution < 1.29 is 0 Å². The molecule has 2 rings (SSSR count). The molecule has 3 nitrogen and oxygen atoms in total. The number of nitrogens with one attached hydrogen (secondary N) is 1. The van der Waals surface area contributed by atoms with Crippen LogP contribution in [-0.4, -0.2) is 44.7 Å². The minimum absolute atomic E-state index is 0.419. The highest BCUT2D eigenvalue weighted by Gasteiger charge is 2.44. The standard InChI is InChI=1S/C13H27N3/c1-15-10-13(6-3-7-13)12(14)11-4-8-16(2)9-5-11/h11-12,15H,3-10,14H2,1-2H3. The summed E-state index contributed by atoms with van der Waals surface area (Å²) in [5, 5.41) is 3.35. The third-order valence-corrected chi connectivity index (χ3v) is 4.86. The normalized spacial score (nSPS) is 28.7. The SMILES string of the molecule is CNCC1(C(N)C2CCN(C)CC2)CCC1. The van der Waals surface area contributed by atoms with Crippen LogP contribution >= 0.6 is 0 Å². The summed E-state index contributed by atoms with van der Waals surface area (Å²) in [6.45, 7) is 3.57. The predicted molar refractivity (Wildman–Crippen MR) is 68.4 cm³/mol. The largest absolute Gasteiger partial charge is 0.327 e. The maximum atomic E-state index is 6.56. The van der Waals surface area contributed by atoms with E-state index in [4.69, 9.17) is 5.73 Å². The monoisotopic (exact) mass is 225 g/mol. The van der Waals surface area contributed by atoms with Crippen molar-refractivity contribution in [1.29, 1.82) is 0 Å². The summed E-state index contributed by atoms with van der Waals surface area (Å²) in [6.07, 6.45) is 6.64. The fourth-order valence-electron chi connectivity index (χ4n) is 3.50. The van der Waals surface area contributed by atoms with Crippen LogP contribution in [0, 0.1) is 11.3 Å². The second-order valence-electron chi connectivity index (χ2n) is 5.91. The van der Waals surface area contributed by atoms with Crippen molar-refractivity contribution >= 4 is 0 Å². The number of hydrogen-bond donors (Lipinski definition) is 2. The number of nitrogens with zero attached hydrogens (tertiary/aromatic N) is 1. The Hall–Kier alpha value is -0.120. The molecule has 94 valence electrons. The third-order valence-electron chi connectivity index (χ3n) is 4.86. The van der Waals surface area contributed by atoms with E-state index in [2.05, 4.69) is 24.3 Å². The summed E-state index contributed by atoms with van der Waals surface area (Å²) in [7, 11) is 4.27. The Labute approximate surface area is 99.8 Å². The summed E-state index contributed by atoms with van der Waals surface area (Å²) >= 11 is 0. The van der Waals surface area contributed by atoms with Gasteiger partial charge in [0.1, 0.15) is 0 Å². The lowest BCUT2D eigenvalue weighted by atomic mass is 9.60. The molecule has 0 aromatic heterocycles. The van der Waals surface area contributed by atoms with Crippen LogP contribution in [-0.2, 0) is 0 Å². The van der Waals surface area contributed by atoms with E-state index in [9.17, 15) is 0 Å². The van der Waals surface area contributed by atoms with E-state index in [0.717, 1.165) is 12.5 Å². The second-order valence-corrected chi connectivity index (χ2v) is 5.91. The van der Waals surface area contributed by atoms with Gasteiger partial charge in [-0.1, -0.05) is 6.42 Å². The zero-order chi connectivity index (χ0) is 11.6. The van der Waals surface area contributed by atoms with Gasteiger partial charge in [0.05, 0.1) is 0 Å². The van der Waals surface area contributed by atoms with Crippen molar-refractivity contribution in [2.24, 2.45) is 17.1 Å². The fourth-order valence-corrected chi connectivity index (χ4v) is 3.50. The first-order chi connectivity index (χ1) is 7.68. The van der Waals surface area contributed by atoms with E-state index >= 15 is 0 Å². The first-order valence-electron chi connectivity index (χ1n) is 6.77. The van der Waals surface area contributed by atoms with Crippen molar-refractivity contribution in [3.63, 3.8) is 0 Å². The topological polar surface area (TPSA) is 41.3 Å². The summed E-state index contributed by atoms with van der Waals surface area (Å²) < 4.78 is 0. The Balaban J connectivity index is 1.92. The smallest absolute Gasteiger partial charge is 0.0137 e. The van der Waals surface area contributed by atoms with Gasteiger partial charge in [-0.3, -0.25) is 0 Å². The molecule has 1 heterocycles. The summed E-state index contributed by atoms with van der Waals surface area (Å²) in [5.74, 6) is 0.754. The van der Waals surface area contributed by atoms with E-state index in [0.29, 0.717) is 11.5 Å². The quantitative estimate of drug-likeness (QED) is 0.751. The average Bonchev–Trinajstić information content (AvgIpc) is 2.23. The van der Waals surface area contributed by atoms with E-state index in [1.165, 1.54) is 45.2 Å². The molecule has 16 heavy (non-hydrogen) atoms. The van der Waals surface area contributed by atoms with Gasteiger partial charge in [-0.25, -0.2) is 0 Å². The van der Waals surface area contributed by atoms with Gasteiger partial charge in [-0.15, -0.1) is 0 Å². The molecule has 1 unspecified atom stereocenters. The summed E-state index contributed by atoms with van der Waals surface area (Å²) in [4.78, 5) is 2.43. The number of piperidine rings is 1. The molecule has 1 aliphatic carbocycles. The molecule has 0 amide bonds. The molecule has 2 fully saturated rings. The van der Waals surface area contributed by atoms with Gasteiger partial charge in [0, 0.05) is 12.6 Å². The van der Waals surface area contributed by atoms with Gasteiger partial charge >= 0.3 is 0 Å². The van der Waals surface area contributed by atoms with E-state index in [-0.39, 0.29) is 0 Å². The van der Waals surface area contributed by atoms with Crippen LogP contribution in [0.5, 0.6) is 0 Å². The van der Waals surface area contributed by atoms with Crippen molar-refractivity contribution in [2.75, 3.05) is 33.7 Å². The Kier molecular flexibility index (Phi) is 3.88. The first-order valence-corrected chi connectivity index (χ1v) is 6.77. The van der Waals surface area contributed by atoms with Gasteiger partial charge in [0.15, 0.2) is 0 Å². The Bertz CT molecular complexity index is 217. The molecule has 0 spiro atoms. The molecule has 1 atom stereocenters. The lowest BCUT2D eigenvalue weighted by molar-refractivity contribution is 0.0445. The fraction of sp³-hybridized carbons (Fsp3) is 1.00. The number of likely N-dealkylation sites (tertiary alicyclic amines) is 1. The molecule has 2 aliphatic rings. The van der Waals surface area contributed by atoms with Gasteiger partial charge < -0.3 is 16.0 Å². The van der Waals surface area contributed by atoms with Crippen LogP contribution in [0.15, 0.2) is 0 Å². The Morgan fingerprint density at radius 3 is 2.44 bits per heavy atom. The molecule has 1 aliphatic heterocycles. The maximum absolute atomic E-state index is 6.56. The van der Waals surface area contributed by atoms with Gasteiger partial charge in [-0.2, -0.15) is 0 Å². The number of rotatable bonds is 4. The van der Waals surface area contributed by atoms with E-state index in [1.807, 2.05) is 0 Å². The van der Waals surface area contributed by atoms with Crippen LogP contribution in [0.4, 0.5) is 0 Å².